The van der Waals surface area contributed by atoms with Gasteiger partial charge < -0.3 is 24.1 Å². The molecule has 0 aliphatic carbocycles. The number of aromatic carboxylic acids is 1. The van der Waals surface area contributed by atoms with Crippen molar-refractivity contribution in [2.75, 3.05) is 52.2 Å². The van der Waals surface area contributed by atoms with Crippen LogP contribution in [0.4, 0.5) is 9.93 Å². The van der Waals surface area contributed by atoms with Gasteiger partial charge in [0.25, 0.3) is 0 Å². The Bertz CT molecular complexity index is 848. The van der Waals surface area contributed by atoms with Crippen LogP contribution in [0.25, 0.3) is 0 Å². The minimum Gasteiger partial charge on any atom is -0.476 e. The molecule has 0 spiro atoms. The van der Waals surface area contributed by atoms with E-state index >= 15 is 0 Å². The van der Waals surface area contributed by atoms with Crippen LogP contribution in [0.3, 0.4) is 0 Å². The van der Waals surface area contributed by atoms with Gasteiger partial charge in [0.05, 0.1) is 6.10 Å². The van der Waals surface area contributed by atoms with Crippen molar-refractivity contribution in [3.63, 3.8) is 0 Å². The topological polar surface area (TPSA) is 95.4 Å². The lowest BCUT2D eigenvalue weighted by molar-refractivity contribution is 0.0574. The lowest BCUT2D eigenvalue weighted by Gasteiger charge is -2.40. The monoisotopic (exact) mass is 544 g/mol. The number of aromatic nitrogens is 1. The highest BCUT2D eigenvalue weighted by Gasteiger charge is 2.39. The number of amides is 1. The second kappa shape index (κ2) is 13.3. The number of carboxylic acids is 1. The third kappa shape index (κ3) is 11.2. The summed E-state index contributed by atoms with van der Waals surface area (Å²) in [6, 6.07) is 0. The number of carbonyl (C=O) groups is 2. The van der Waals surface area contributed by atoms with E-state index in [9.17, 15) is 14.7 Å². The van der Waals surface area contributed by atoms with Crippen molar-refractivity contribution in [1.29, 1.82) is 0 Å². The Morgan fingerprint density at radius 1 is 1.08 bits per heavy atom. The number of hydrogen-bond donors (Lipinski definition) is 1. The van der Waals surface area contributed by atoms with Gasteiger partial charge >= 0.3 is 12.1 Å². The summed E-state index contributed by atoms with van der Waals surface area (Å²) >= 11 is 1.13. The van der Waals surface area contributed by atoms with Gasteiger partial charge in [0.1, 0.15) is 5.60 Å². The van der Waals surface area contributed by atoms with Crippen molar-refractivity contribution in [2.24, 2.45) is 0 Å². The predicted molar refractivity (Wildman–Crippen MR) is 150 cm³/mol. The van der Waals surface area contributed by atoms with Crippen molar-refractivity contribution in [3.05, 3.63) is 11.1 Å². The first-order valence-corrected chi connectivity index (χ1v) is 16.3. The van der Waals surface area contributed by atoms with Crippen LogP contribution in [0.1, 0.15) is 64.9 Å². The molecule has 0 radical (unpaired) electrons. The Morgan fingerprint density at radius 3 is 2.17 bits per heavy atom. The molecular weight excluding hydrogens is 496 g/mol. The highest BCUT2D eigenvalue weighted by molar-refractivity contribution is 7.14. The molecule has 0 fully saturated rings. The van der Waals surface area contributed by atoms with Gasteiger partial charge in [0, 0.05) is 31.6 Å². The van der Waals surface area contributed by atoms with E-state index in [0.29, 0.717) is 18.1 Å². The van der Waals surface area contributed by atoms with E-state index < -0.39 is 26.0 Å². The first-order valence-electron chi connectivity index (χ1n) is 12.5. The first-order chi connectivity index (χ1) is 16.3. The normalized spacial score (nSPS) is 13.8. The molecule has 36 heavy (non-hydrogen) atoms. The molecule has 1 aromatic rings. The van der Waals surface area contributed by atoms with Crippen molar-refractivity contribution in [3.8, 4) is 0 Å². The van der Waals surface area contributed by atoms with Crippen LogP contribution < -0.4 is 4.90 Å². The minimum atomic E-state index is -2.00. The Kier molecular flexibility index (Phi) is 12.0. The third-order valence-corrected chi connectivity index (χ3v) is 11.6. The number of ether oxygens (including phenoxy) is 1. The second-order valence-electron chi connectivity index (χ2n) is 12.2. The number of carbonyl (C=O) groups excluding carboxylic acids is 1. The van der Waals surface area contributed by atoms with Gasteiger partial charge in [0.2, 0.25) is 0 Å². The van der Waals surface area contributed by atoms with E-state index in [0.717, 1.165) is 37.4 Å². The molecule has 1 amide bonds. The average Bonchev–Trinajstić information content (AvgIpc) is 3.17. The summed E-state index contributed by atoms with van der Waals surface area (Å²) in [5.74, 6) is -1.12. The number of hydrogen-bond acceptors (Lipinski definition) is 8. The quantitative estimate of drug-likeness (QED) is 0.337. The van der Waals surface area contributed by atoms with Gasteiger partial charge in [-0.25, -0.2) is 14.6 Å². The van der Waals surface area contributed by atoms with E-state index in [2.05, 4.69) is 69.8 Å². The summed E-state index contributed by atoms with van der Waals surface area (Å²) in [6.07, 6.45) is 0.917. The fraction of sp³-hybridized carbons (Fsp3) is 0.800. The van der Waals surface area contributed by atoms with Gasteiger partial charge in [-0.05, 0) is 72.9 Å². The van der Waals surface area contributed by atoms with Crippen molar-refractivity contribution >= 4 is 36.8 Å². The maximum atomic E-state index is 13.0. The largest absolute Gasteiger partial charge is 0.476 e. The van der Waals surface area contributed by atoms with Crippen LogP contribution in [0.5, 0.6) is 0 Å². The molecule has 1 rings (SSSR count). The zero-order chi connectivity index (χ0) is 27.9. The van der Waals surface area contributed by atoms with E-state index in [1.807, 2.05) is 0 Å². The van der Waals surface area contributed by atoms with E-state index in [4.69, 9.17) is 9.16 Å². The number of anilines is 1. The standard InChI is InChI=1S/C25H48N4O5SSi/c1-24(2,3)33-23(32)29(22-26-20(18-35-22)21(30)31)14-12-13-19(17-28(9)16-15-27(7)8)34-36(10,11)25(4,5)6/h18-19H,12-17H2,1-11H3,(H,30,31). The minimum absolute atomic E-state index is 0.0180. The molecule has 1 unspecified atom stereocenters. The van der Waals surface area contributed by atoms with Crippen molar-refractivity contribution in [2.45, 2.75) is 84.2 Å². The molecule has 1 N–H and O–H groups in total. The molecule has 9 nitrogen and oxygen atoms in total. The zero-order valence-electron chi connectivity index (χ0n) is 24.2. The number of likely N-dealkylation sites (N-methyl/N-ethyl adjacent to an activating group) is 2. The molecule has 1 aromatic heterocycles. The van der Waals surface area contributed by atoms with Gasteiger partial charge in [-0.2, -0.15) is 0 Å². The predicted octanol–water partition coefficient (Wildman–Crippen LogP) is 5.25. The first kappa shape index (κ1) is 32.5. The van der Waals surface area contributed by atoms with E-state index in [-0.39, 0.29) is 16.8 Å². The molecule has 0 aliphatic heterocycles. The van der Waals surface area contributed by atoms with Gasteiger partial charge in [-0.3, -0.25) is 4.90 Å². The highest BCUT2D eigenvalue weighted by atomic mass is 32.1. The number of nitrogens with zero attached hydrogens (tertiary/aromatic N) is 4. The Labute approximate surface area is 222 Å². The SMILES string of the molecule is CN(C)CCN(C)CC(CCCN(C(=O)OC(C)(C)C)c1nc(C(=O)O)cs1)O[Si](C)(C)C(C)(C)C. The average molecular weight is 545 g/mol. The lowest BCUT2D eigenvalue weighted by Crippen LogP contribution is -2.47. The number of carboxylic acid groups (broad SMARTS) is 1. The molecule has 0 saturated heterocycles. The smallest absolute Gasteiger partial charge is 0.416 e. The lowest BCUT2D eigenvalue weighted by atomic mass is 10.2. The Hall–Kier alpha value is -1.53. The van der Waals surface area contributed by atoms with Crippen LogP contribution in [-0.2, 0) is 9.16 Å². The van der Waals surface area contributed by atoms with Crippen LogP contribution >= 0.6 is 11.3 Å². The van der Waals surface area contributed by atoms with E-state index in [1.54, 1.807) is 20.8 Å². The van der Waals surface area contributed by atoms with Crippen molar-refractivity contribution < 1.29 is 23.9 Å². The summed E-state index contributed by atoms with van der Waals surface area (Å²) < 4.78 is 12.4. The molecule has 208 valence electrons. The summed E-state index contributed by atoms with van der Waals surface area (Å²) in [5, 5.41) is 11.1. The molecule has 0 aromatic carbocycles. The zero-order valence-corrected chi connectivity index (χ0v) is 26.0. The van der Waals surface area contributed by atoms with Crippen LogP contribution in [-0.4, -0.2) is 99.3 Å². The summed E-state index contributed by atoms with van der Waals surface area (Å²) in [6.45, 7) is 19.7. The summed E-state index contributed by atoms with van der Waals surface area (Å²) in [5.41, 5.74) is -0.754. The number of thiazole rings is 1. The fourth-order valence-corrected chi connectivity index (χ4v) is 5.33. The molecule has 1 atom stereocenters. The summed E-state index contributed by atoms with van der Waals surface area (Å²) in [7, 11) is 4.24. The molecular formula is C25H48N4O5SSi. The fourth-order valence-electron chi connectivity index (χ4n) is 3.14. The Balaban J connectivity index is 3.02. The second-order valence-corrected chi connectivity index (χ2v) is 17.8. The molecule has 0 saturated carbocycles. The highest BCUT2D eigenvalue weighted by Crippen LogP contribution is 2.38. The maximum Gasteiger partial charge on any atom is 0.416 e. The van der Waals surface area contributed by atoms with Crippen LogP contribution in [0, 0.1) is 0 Å². The molecule has 0 aliphatic rings. The van der Waals surface area contributed by atoms with Gasteiger partial charge in [0.15, 0.2) is 19.1 Å². The van der Waals surface area contributed by atoms with Gasteiger partial charge in [-0.1, -0.05) is 20.8 Å². The third-order valence-electron chi connectivity index (χ3n) is 6.18. The van der Waals surface area contributed by atoms with Gasteiger partial charge in [-0.15, -0.1) is 11.3 Å². The maximum absolute atomic E-state index is 13.0. The Morgan fingerprint density at radius 2 is 1.69 bits per heavy atom. The van der Waals surface area contributed by atoms with Crippen molar-refractivity contribution in [1.82, 2.24) is 14.8 Å². The van der Waals surface area contributed by atoms with Crippen LogP contribution in [0.2, 0.25) is 18.1 Å². The number of rotatable bonds is 13. The molecule has 1 heterocycles. The summed E-state index contributed by atoms with van der Waals surface area (Å²) in [4.78, 5) is 34.4. The molecule has 11 heteroatoms. The van der Waals surface area contributed by atoms with Crippen LogP contribution in [0.15, 0.2) is 5.38 Å². The van der Waals surface area contributed by atoms with E-state index in [1.165, 1.54) is 10.3 Å². The molecule has 0 bridgehead atoms.